The number of hydrogen-bond donors (Lipinski definition) is 2. The summed E-state index contributed by atoms with van der Waals surface area (Å²) in [4.78, 5) is 10.9. The van der Waals surface area contributed by atoms with E-state index in [-0.39, 0.29) is 11.4 Å². The summed E-state index contributed by atoms with van der Waals surface area (Å²) < 4.78 is 24.5. The van der Waals surface area contributed by atoms with E-state index in [2.05, 4.69) is 21.2 Å². The molecule has 0 aromatic heterocycles. The van der Waals surface area contributed by atoms with Crippen LogP contribution in [-0.2, 0) is 14.6 Å². The molecule has 0 spiro atoms. The number of carboxylic acid groups (broad SMARTS) is 1. The number of hydrogen-bond acceptors (Lipinski definition) is 4. The maximum atomic E-state index is 12.0. The SMILES string of the molecule is O=C(O)C1CNc2ccc(Br)cc2S1(=O)=O. The quantitative estimate of drug-likeness (QED) is 0.812. The number of rotatable bonds is 1. The van der Waals surface area contributed by atoms with E-state index in [1.165, 1.54) is 6.07 Å². The van der Waals surface area contributed by atoms with E-state index in [4.69, 9.17) is 5.11 Å². The Morgan fingerprint density at radius 1 is 1.50 bits per heavy atom. The maximum Gasteiger partial charge on any atom is 0.324 e. The van der Waals surface area contributed by atoms with Gasteiger partial charge in [-0.1, -0.05) is 15.9 Å². The zero-order valence-electron chi connectivity index (χ0n) is 7.97. The number of aliphatic carboxylic acids is 1. The van der Waals surface area contributed by atoms with Gasteiger partial charge in [-0.15, -0.1) is 0 Å². The highest BCUT2D eigenvalue weighted by Gasteiger charge is 2.38. The fourth-order valence-corrected chi connectivity index (χ4v) is 3.69. The Morgan fingerprint density at radius 2 is 2.19 bits per heavy atom. The molecule has 16 heavy (non-hydrogen) atoms. The van der Waals surface area contributed by atoms with Crippen LogP contribution in [0.25, 0.3) is 0 Å². The monoisotopic (exact) mass is 305 g/mol. The molecule has 1 heterocycles. The highest BCUT2D eigenvalue weighted by molar-refractivity contribution is 9.10. The number of benzene rings is 1. The van der Waals surface area contributed by atoms with Crippen molar-refractivity contribution in [3.63, 3.8) is 0 Å². The molecule has 0 saturated heterocycles. The maximum absolute atomic E-state index is 12.0. The average molecular weight is 306 g/mol. The van der Waals surface area contributed by atoms with Crippen molar-refractivity contribution >= 4 is 37.4 Å². The molecule has 0 aliphatic carbocycles. The van der Waals surface area contributed by atoms with Gasteiger partial charge in [-0.3, -0.25) is 4.79 Å². The van der Waals surface area contributed by atoms with Crippen molar-refractivity contribution in [2.45, 2.75) is 10.1 Å². The first-order valence-corrected chi connectivity index (χ1v) is 6.77. The van der Waals surface area contributed by atoms with Crippen LogP contribution in [0, 0.1) is 0 Å². The third-order valence-electron chi connectivity index (χ3n) is 2.38. The molecule has 1 aromatic carbocycles. The van der Waals surface area contributed by atoms with Crippen molar-refractivity contribution in [1.29, 1.82) is 0 Å². The van der Waals surface area contributed by atoms with Crippen molar-refractivity contribution in [3.05, 3.63) is 22.7 Å². The molecular formula is C9H8BrNO4S. The fraction of sp³-hybridized carbons (Fsp3) is 0.222. The van der Waals surface area contributed by atoms with Crippen LogP contribution in [0.2, 0.25) is 0 Å². The fourth-order valence-electron chi connectivity index (χ4n) is 1.56. The number of carboxylic acids is 1. The number of anilines is 1. The zero-order chi connectivity index (χ0) is 11.9. The van der Waals surface area contributed by atoms with Gasteiger partial charge in [0.2, 0.25) is 0 Å². The van der Waals surface area contributed by atoms with E-state index >= 15 is 0 Å². The van der Waals surface area contributed by atoms with Crippen LogP contribution in [0.3, 0.4) is 0 Å². The number of halogens is 1. The summed E-state index contributed by atoms with van der Waals surface area (Å²) in [6.07, 6.45) is 0. The van der Waals surface area contributed by atoms with E-state index in [0.717, 1.165) is 0 Å². The van der Waals surface area contributed by atoms with Crippen molar-refractivity contribution in [2.75, 3.05) is 11.9 Å². The second-order valence-electron chi connectivity index (χ2n) is 3.39. The molecule has 1 atom stereocenters. The topological polar surface area (TPSA) is 83.5 Å². The molecule has 0 radical (unpaired) electrons. The van der Waals surface area contributed by atoms with Gasteiger partial charge >= 0.3 is 5.97 Å². The van der Waals surface area contributed by atoms with Gasteiger partial charge in [0, 0.05) is 11.0 Å². The van der Waals surface area contributed by atoms with Gasteiger partial charge in [-0.25, -0.2) is 8.42 Å². The van der Waals surface area contributed by atoms with Gasteiger partial charge in [0.25, 0.3) is 0 Å². The lowest BCUT2D eigenvalue weighted by molar-refractivity contribution is -0.136. The Bertz CT molecular complexity index is 555. The lowest BCUT2D eigenvalue weighted by atomic mass is 10.3. The summed E-state index contributed by atoms with van der Waals surface area (Å²) in [5.74, 6) is -1.34. The molecule has 0 saturated carbocycles. The van der Waals surface area contributed by atoms with E-state index in [0.29, 0.717) is 10.2 Å². The predicted molar refractivity (Wildman–Crippen MR) is 61.2 cm³/mol. The Morgan fingerprint density at radius 3 is 2.81 bits per heavy atom. The van der Waals surface area contributed by atoms with E-state index in [1.807, 2.05) is 0 Å². The van der Waals surface area contributed by atoms with Gasteiger partial charge in [0.05, 0.1) is 10.6 Å². The van der Waals surface area contributed by atoms with Crippen molar-refractivity contribution in [2.24, 2.45) is 0 Å². The Labute approximate surface area is 101 Å². The molecule has 0 amide bonds. The van der Waals surface area contributed by atoms with Gasteiger partial charge in [0.1, 0.15) is 0 Å². The highest BCUT2D eigenvalue weighted by atomic mass is 79.9. The molecule has 5 nitrogen and oxygen atoms in total. The zero-order valence-corrected chi connectivity index (χ0v) is 10.4. The van der Waals surface area contributed by atoms with Gasteiger partial charge in [-0.2, -0.15) is 0 Å². The van der Waals surface area contributed by atoms with Crippen LogP contribution >= 0.6 is 15.9 Å². The smallest absolute Gasteiger partial charge is 0.324 e. The summed E-state index contributed by atoms with van der Waals surface area (Å²) >= 11 is 3.16. The molecule has 1 aliphatic rings. The second kappa shape index (κ2) is 3.74. The third-order valence-corrected chi connectivity index (χ3v) is 4.94. The predicted octanol–water partition coefficient (Wildman–Crippen LogP) is 1.10. The van der Waals surface area contributed by atoms with Crippen molar-refractivity contribution < 1.29 is 18.3 Å². The van der Waals surface area contributed by atoms with Gasteiger partial charge in [-0.05, 0) is 18.2 Å². The van der Waals surface area contributed by atoms with Crippen LogP contribution in [0.5, 0.6) is 0 Å². The van der Waals surface area contributed by atoms with Crippen molar-refractivity contribution in [3.8, 4) is 0 Å². The molecule has 1 aromatic rings. The Balaban J connectivity index is 2.62. The molecule has 1 unspecified atom stereocenters. The standard InChI is InChI=1S/C9H8BrNO4S/c10-5-1-2-6-7(3-5)16(14,15)8(4-11-6)9(12)13/h1-3,8,11H,4H2,(H,12,13). The molecular weight excluding hydrogens is 298 g/mol. The molecule has 2 rings (SSSR count). The average Bonchev–Trinajstić information content (AvgIpc) is 2.18. The lowest BCUT2D eigenvalue weighted by Crippen LogP contribution is -2.40. The third kappa shape index (κ3) is 1.69. The minimum absolute atomic E-state index is 0.0283. The number of carbonyl (C=O) groups is 1. The highest BCUT2D eigenvalue weighted by Crippen LogP contribution is 2.32. The normalized spacial score (nSPS) is 21.9. The first-order chi connectivity index (χ1) is 7.43. The first kappa shape index (κ1) is 11.4. The minimum atomic E-state index is -3.80. The van der Waals surface area contributed by atoms with Crippen molar-refractivity contribution in [1.82, 2.24) is 0 Å². The molecule has 2 N–H and O–H groups in total. The number of fused-ring (bicyclic) bond motifs is 1. The first-order valence-electron chi connectivity index (χ1n) is 4.43. The van der Waals surface area contributed by atoms with Gasteiger partial charge in [0.15, 0.2) is 15.1 Å². The van der Waals surface area contributed by atoms with Crippen LogP contribution in [0.15, 0.2) is 27.6 Å². The summed E-state index contributed by atoms with van der Waals surface area (Å²) in [5, 5.41) is 10.2. The van der Waals surface area contributed by atoms with Crippen LogP contribution < -0.4 is 5.32 Å². The molecule has 0 fully saturated rings. The molecule has 86 valence electrons. The number of sulfone groups is 1. The summed E-state index contributed by atoms with van der Waals surface area (Å²) in [6.45, 7) is -0.105. The van der Waals surface area contributed by atoms with Crippen LogP contribution in [0.4, 0.5) is 5.69 Å². The molecule has 0 bridgehead atoms. The van der Waals surface area contributed by atoms with E-state index < -0.39 is 21.1 Å². The second-order valence-corrected chi connectivity index (χ2v) is 6.41. The molecule has 7 heteroatoms. The summed E-state index contributed by atoms with van der Waals surface area (Å²) in [7, 11) is -3.80. The summed E-state index contributed by atoms with van der Waals surface area (Å²) in [6, 6.07) is 4.71. The van der Waals surface area contributed by atoms with Crippen LogP contribution in [-0.4, -0.2) is 31.3 Å². The lowest BCUT2D eigenvalue weighted by Gasteiger charge is -2.23. The largest absolute Gasteiger partial charge is 0.480 e. The van der Waals surface area contributed by atoms with Crippen LogP contribution in [0.1, 0.15) is 0 Å². The Hall–Kier alpha value is -1.08. The minimum Gasteiger partial charge on any atom is -0.480 e. The van der Waals surface area contributed by atoms with E-state index in [1.54, 1.807) is 12.1 Å². The van der Waals surface area contributed by atoms with Gasteiger partial charge < -0.3 is 10.4 Å². The molecule has 1 aliphatic heterocycles. The summed E-state index contributed by atoms with van der Waals surface area (Å²) in [5.41, 5.74) is 0.445. The Kier molecular flexibility index (Phi) is 2.67. The van der Waals surface area contributed by atoms with E-state index in [9.17, 15) is 13.2 Å². The number of nitrogens with one attached hydrogen (secondary N) is 1.